The Labute approximate surface area is 116 Å². The van der Waals surface area contributed by atoms with Gasteiger partial charge in [0.1, 0.15) is 0 Å². The van der Waals surface area contributed by atoms with Crippen LogP contribution in [-0.2, 0) is 0 Å². The minimum atomic E-state index is 0.399. The molecule has 1 aromatic carbocycles. The minimum absolute atomic E-state index is 0.399. The van der Waals surface area contributed by atoms with Crippen molar-refractivity contribution in [1.82, 2.24) is 10.2 Å². The highest BCUT2D eigenvalue weighted by Crippen LogP contribution is 2.24. The van der Waals surface area contributed by atoms with Crippen molar-refractivity contribution >= 4 is 0 Å². The highest BCUT2D eigenvalue weighted by atomic mass is 15.2. The van der Waals surface area contributed by atoms with Gasteiger partial charge in [-0.1, -0.05) is 12.1 Å². The molecule has 19 heavy (non-hydrogen) atoms. The van der Waals surface area contributed by atoms with E-state index in [0.29, 0.717) is 12.1 Å². The standard InChI is InChI=1S/C16H23N3/c1-13(15-7-5-14(12-17)6-8-15)19(2)16-4-3-10-18-11-9-16/h5-8,13,16,18H,3-4,9-11H2,1-2H3. The van der Waals surface area contributed by atoms with E-state index in [-0.39, 0.29) is 0 Å². The summed E-state index contributed by atoms with van der Waals surface area (Å²) in [6.07, 6.45) is 3.75. The molecule has 1 fully saturated rings. The number of nitriles is 1. The fourth-order valence-electron chi connectivity index (χ4n) is 2.80. The summed E-state index contributed by atoms with van der Waals surface area (Å²) < 4.78 is 0. The van der Waals surface area contributed by atoms with Gasteiger partial charge in [-0.2, -0.15) is 5.26 Å². The van der Waals surface area contributed by atoms with Gasteiger partial charge >= 0.3 is 0 Å². The first kappa shape index (κ1) is 14.0. The molecule has 0 saturated carbocycles. The molecule has 1 aliphatic rings. The molecule has 1 N–H and O–H groups in total. The summed E-state index contributed by atoms with van der Waals surface area (Å²) in [7, 11) is 2.22. The van der Waals surface area contributed by atoms with Gasteiger partial charge in [0.05, 0.1) is 11.6 Å². The molecule has 0 bridgehead atoms. The third-order valence-electron chi connectivity index (χ3n) is 4.25. The number of hydrogen-bond donors (Lipinski definition) is 1. The topological polar surface area (TPSA) is 39.1 Å². The van der Waals surface area contributed by atoms with E-state index < -0.39 is 0 Å². The molecule has 2 atom stereocenters. The second kappa shape index (κ2) is 6.70. The van der Waals surface area contributed by atoms with Crippen LogP contribution < -0.4 is 5.32 Å². The van der Waals surface area contributed by atoms with E-state index in [4.69, 9.17) is 5.26 Å². The fraction of sp³-hybridized carbons (Fsp3) is 0.562. The average molecular weight is 257 g/mol. The van der Waals surface area contributed by atoms with E-state index in [1.807, 2.05) is 12.1 Å². The van der Waals surface area contributed by atoms with E-state index in [9.17, 15) is 0 Å². The summed E-state index contributed by atoms with van der Waals surface area (Å²) >= 11 is 0. The zero-order chi connectivity index (χ0) is 13.7. The Morgan fingerprint density at radius 2 is 2.00 bits per heavy atom. The lowest BCUT2D eigenvalue weighted by Gasteiger charge is -2.32. The largest absolute Gasteiger partial charge is 0.317 e. The number of hydrogen-bond acceptors (Lipinski definition) is 3. The van der Waals surface area contributed by atoms with E-state index in [2.05, 4.69) is 42.4 Å². The van der Waals surface area contributed by atoms with Crippen molar-refractivity contribution in [2.24, 2.45) is 0 Å². The van der Waals surface area contributed by atoms with Gasteiger partial charge in [0.25, 0.3) is 0 Å². The molecule has 1 aliphatic heterocycles. The maximum absolute atomic E-state index is 8.84. The van der Waals surface area contributed by atoms with Crippen LogP contribution in [0.5, 0.6) is 0 Å². The molecule has 0 radical (unpaired) electrons. The monoisotopic (exact) mass is 257 g/mol. The number of rotatable bonds is 3. The molecule has 2 unspecified atom stereocenters. The third kappa shape index (κ3) is 3.56. The van der Waals surface area contributed by atoms with Crippen LogP contribution >= 0.6 is 0 Å². The lowest BCUT2D eigenvalue weighted by Crippen LogP contribution is -2.34. The SMILES string of the molecule is CC(c1ccc(C#N)cc1)N(C)C1CCCNCC1. The number of nitrogens with zero attached hydrogens (tertiary/aromatic N) is 2. The van der Waals surface area contributed by atoms with Crippen LogP contribution in [0.3, 0.4) is 0 Å². The highest BCUT2D eigenvalue weighted by Gasteiger charge is 2.21. The predicted octanol–water partition coefficient (Wildman–Crippen LogP) is 2.69. The first-order chi connectivity index (χ1) is 9.22. The Morgan fingerprint density at radius 1 is 1.26 bits per heavy atom. The van der Waals surface area contributed by atoms with Crippen LogP contribution in [0.4, 0.5) is 0 Å². The lowest BCUT2D eigenvalue weighted by molar-refractivity contribution is 0.171. The summed E-state index contributed by atoms with van der Waals surface area (Å²) in [6.45, 7) is 4.52. The van der Waals surface area contributed by atoms with Gasteiger partial charge in [-0.15, -0.1) is 0 Å². The normalized spacial score (nSPS) is 21.7. The van der Waals surface area contributed by atoms with E-state index in [1.54, 1.807) is 0 Å². The highest BCUT2D eigenvalue weighted by molar-refractivity contribution is 5.32. The number of nitrogens with one attached hydrogen (secondary N) is 1. The first-order valence-electron chi connectivity index (χ1n) is 7.15. The van der Waals surface area contributed by atoms with Gasteiger partial charge in [0.2, 0.25) is 0 Å². The molecule has 2 rings (SSSR count). The Bertz CT molecular complexity index is 424. The van der Waals surface area contributed by atoms with E-state index in [1.165, 1.54) is 24.8 Å². The Morgan fingerprint density at radius 3 is 2.68 bits per heavy atom. The Hall–Kier alpha value is -1.37. The molecule has 102 valence electrons. The maximum atomic E-state index is 8.84. The molecule has 0 aliphatic carbocycles. The van der Waals surface area contributed by atoms with Crippen molar-refractivity contribution in [2.45, 2.75) is 38.3 Å². The van der Waals surface area contributed by atoms with Crippen LogP contribution in [0.2, 0.25) is 0 Å². The van der Waals surface area contributed by atoms with Crippen molar-refractivity contribution in [1.29, 1.82) is 5.26 Å². The summed E-state index contributed by atoms with van der Waals surface area (Å²) in [6, 6.07) is 11.2. The summed E-state index contributed by atoms with van der Waals surface area (Å²) in [5, 5.41) is 12.3. The third-order valence-corrected chi connectivity index (χ3v) is 4.25. The molecular weight excluding hydrogens is 234 g/mol. The zero-order valence-electron chi connectivity index (χ0n) is 11.9. The molecule has 3 heteroatoms. The fourth-order valence-corrected chi connectivity index (χ4v) is 2.80. The summed E-state index contributed by atoms with van der Waals surface area (Å²) in [5.74, 6) is 0. The average Bonchev–Trinajstić information content (AvgIpc) is 2.75. The molecule has 1 heterocycles. The second-order valence-electron chi connectivity index (χ2n) is 5.41. The van der Waals surface area contributed by atoms with Gasteiger partial charge < -0.3 is 5.32 Å². The van der Waals surface area contributed by atoms with Crippen molar-refractivity contribution in [3.8, 4) is 6.07 Å². The second-order valence-corrected chi connectivity index (χ2v) is 5.41. The smallest absolute Gasteiger partial charge is 0.0991 e. The molecule has 0 aromatic heterocycles. The van der Waals surface area contributed by atoms with Gasteiger partial charge in [-0.3, -0.25) is 4.90 Å². The Balaban J connectivity index is 2.04. The minimum Gasteiger partial charge on any atom is -0.317 e. The van der Waals surface area contributed by atoms with Crippen LogP contribution in [-0.4, -0.2) is 31.1 Å². The summed E-state index contributed by atoms with van der Waals surface area (Å²) in [5.41, 5.74) is 2.02. The van der Waals surface area contributed by atoms with Crippen molar-refractivity contribution in [2.75, 3.05) is 20.1 Å². The van der Waals surface area contributed by atoms with Crippen LogP contribution in [0.25, 0.3) is 0 Å². The van der Waals surface area contributed by atoms with Crippen molar-refractivity contribution in [3.63, 3.8) is 0 Å². The van der Waals surface area contributed by atoms with E-state index in [0.717, 1.165) is 18.7 Å². The number of benzene rings is 1. The van der Waals surface area contributed by atoms with Gasteiger partial charge in [-0.05, 0) is 64.0 Å². The predicted molar refractivity (Wildman–Crippen MR) is 77.8 cm³/mol. The van der Waals surface area contributed by atoms with Crippen molar-refractivity contribution in [3.05, 3.63) is 35.4 Å². The first-order valence-corrected chi connectivity index (χ1v) is 7.15. The van der Waals surface area contributed by atoms with Crippen LogP contribution in [0.15, 0.2) is 24.3 Å². The molecule has 1 saturated heterocycles. The van der Waals surface area contributed by atoms with Crippen LogP contribution in [0.1, 0.15) is 43.4 Å². The van der Waals surface area contributed by atoms with Crippen LogP contribution in [0, 0.1) is 11.3 Å². The zero-order valence-corrected chi connectivity index (χ0v) is 11.9. The lowest BCUT2D eigenvalue weighted by atomic mass is 10.0. The van der Waals surface area contributed by atoms with Crippen molar-refractivity contribution < 1.29 is 0 Å². The molecule has 1 aromatic rings. The molecular formula is C16H23N3. The molecule has 3 nitrogen and oxygen atoms in total. The summed E-state index contributed by atoms with van der Waals surface area (Å²) in [4.78, 5) is 2.48. The van der Waals surface area contributed by atoms with E-state index >= 15 is 0 Å². The molecule has 0 spiro atoms. The quantitative estimate of drug-likeness (QED) is 0.905. The van der Waals surface area contributed by atoms with Gasteiger partial charge in [0.15, 0.2) is 0 Å². The maximum Gasteiger partial charge on any atom is 0.0991 e. The molecule has 0 amide bonds. The Kier molecular flexibility index (Phi) is 4.95. The van der Waals surface area contributed by atoms with Gasteiger partial charge in [-0.25, -0.2) is 0 Å². The van der Waals surface area contributed by atoms with Gasteiger partial charge in [0, 0.05) is 12.1 Å².